The molecule has 32 heavy (non-hydrogen) atoms. The summed E-state index contributed by atoms with van der Waals surface area (Å²) >= 11 is 1.29. The minimum atomic E-state index is -0.357. The number of aromatic nitrogens is 3. The summed E-state index contributed by atoms with van der Waals surface area (Å²) < 4.78 is 15.9. The van der Waals surface area contributed by atoms with Gasteiger partial charge in [-0.05, 0) is 23.3 Å². The van der Waals surface area contributed by atoms with E-state index in [-0.39, 0.29) is 23.5 Å². The van der Waals surface area contributed by atoms with Gasteiger partial charge in [0.1, 0.15) is 5.82 Å². The first-order valence-electron chi connectivity index (χ1n) is 10.2. The zero-order valence-corrected chi connectivity index (χ0v) is 18.7. The van der Waals surface area contributed by atoms with Crippen molar-refractivity contribution in [2.45, 2.75) is 11.2 Å². The molecule has 0 aliphatic heterocycles. The van der Waals surface area contributed by atoms with Crippen molar-refractivity contribution in [1.29, 1.82) is 0 Å². The van der Waals surface area contributed by atoms with E-state index in [9.17, 15) is 9.18 Å². The lowest BCUT2D eigenvalue weighted by atomic mass is 9.97. The van der Waals surface area contributed by atoms with Crippen LogP contribution in [0.25, 0.3) is 11.4 Å². The van der Waals surface area contributed by atoms with Crippen molar-refractivity contribution < 1.29 is 9.18 Å². The van der Waals surface area contributed by atoms with Gasteiger partial charge in [0.05, 0.1) is 17.4 Å². The van der Waals surface area contributed by atoms with Crippen LogP contribution < -0.4 is 0 Å². The zero-order valence-electron chi connectivity index (χ0n) is 17.9. The Balaban J connectivity index is 1.52. The van der Waals surface area contributed by atoms with E-state index >= 15 is 0 Å². The van der Waals surface area contributed by atoms with E-state index in [0.717, 1.165) is 11.1 Å². The summed E-state index contributed by atoms with van der Waals surface area (Å²) in [5.74, 6) is 0.223. The Kier molecular flexibility index (Phi) is 6.66. The minimum Gasteiger partial charge on any atom is -0.334 e. The highest BCUT2D eigenvalue weighted by molar-refractivity contribution is 7.99. The fourth-order valence-corrected chi connectivity index (χ4v) is 4.43. The molecule has 0 unspecified atom stereocenters. The first-order chi connectivity index (χ1) is 15.6. The van der Waals surface area contributed by atoms with Crippen molar-refractivity contribution in [3.63, 3.8) is 0 Å². The normalized spacial score (nSPS) is 11.0. The Hall–Kier alpha value is -3.45. The standard InChI is InChI=1S/C25H23FN4OS/c1-29(23(18-11-5-3-6-12-18)19-13-7-4-8-14-19)22(31)17-32-25-28-27-24(30(25)2)20-15-9-10-16-21(20)26/h3-16,23H,17H2,1-2H3. The molecule has 0 saturated carbocycles. The number of hydrogen-bond acceptors (Lipinski definition) is 4. The maximum absolute atomic E-state index is 14.1. The Bertz CT molecular complexity index is 1160. The van der Waals surface area contributed by atoms with Gasteiger partial charge in [0, 0.05) is 14.1 Å². The molecule has 0 spiro atoms. The largest absolute Gasteiger partial charge is 0.334 e. The van der Waals surface area contributed by atoms with Crippen molar-refractivity contribution in [3.05, 3.63) is 102 Å². The third-order valence-electron chi connectivity index (χ3n) is 5.29. The van der Waals surface area contributed by atoms with Gasteiger partial charge < -0.3 is 9.47 Å². The summed E-state index contributed by atoms with van der Waals surface area (Å²) in [6.45, 7) is 0. The third kappa shape index (κ3) is 4.57. The van der Waals surface area contributed by atoms with E-state index in [1.165, 1.54) is 17.8 Å². The van der Waals surface area contributed by atoms with Gasteiger partial charge >= 0.3 is 0 Å². The molecule has 1 aromatic heterocycles. The molecule has 0 N–H and O–H groups in total. The third-order valence-corrected chi connectivity index (χ3v) is 6.29. The Labute approximate surface area is 190 Å². The van der Waals surface area contributed by atoms with Gasteiger partial charge in [-0.2, -0.15) is 0 Å². The Morgan fingerprint density at radius 2 is 1.50 bits per heavy atom. The smallest absolute Gasteiger partial charge is 0.233 e. The number of benzene rings is 3. The number of thioether (sulfide) groups is 1. The van der Waals surface area contributed by atoms with Gasteiger partial charge in [-0.25, -0.2) is 4.39 Å². The molecular formula is C25H23FN4OS. The van der Waals surface area contributed by atoms with E-state index in [1.54, 1.807) is 34.7 Å². The zero-order chi connectivity index (χ0) is 22.5. The molecule has 1 amide bonds. The van der Waals surface area contributed by atoms with Gasteiger partial charge in [-0.3, -0.25) is 4.79 Å². The summed E-state index contributed by atoms with van der Waals surface area (Å²) in [7, 11) is 3.59. The van der Waals surface area contributed by atoms with Crippen LogP contribution in [0.3, 0.4) is 0 Å². The first kappa shape index (κ1) is 21.8. The van der Waals surface area contributed by atoms with Crippen molar-refractivity contribution in [1.82, 2.24) is 19.7 Å². The van der Waals surface area contributed by atoms with Crippen molar-refractivity contribution >= 4 is 17.7 Å². The molecule has 0 saturated heterocycles. The topological polar surface area (TPSA) is 51.0 Å². The molecule has 5 nitrogen and oxygen atoms in total. The summed E-state index contributed by atoms with van der Waals surface area (Å²) in [5, 5.41) is 8.85. The average Bonchev–Trinajstić information content (AvgIpc) is 3.19. The second kappa shape index (κ2) is 9.78. The van der Waals surface area contributed by atoms with Crippen LogP contribution in [0.4, 0.5) is 4.39 Å². The molecule has 0 bridgehead atoms. The molecule has 0 radical (unpaired) electrons. The Morgan fingerprint density at radius 3 is 2.09 bits per heavy atom. The summed E-state index contributed by atoms with van der Waals surface area (Å²) in [6, 6.07) is 26.2. The molecular weight excluding hydrogens is 423 g/mol. The fourth-order valence-electron chi connectivity index (χ4n) is 3.60. The molecule has 0 fully saturated rings. The second-order valence-electron chi connectivity index (χ2n) is 7.36. The summed E-state index contributed by atoms with van der Waals surface area (Å²) in [4.78, 5) is 14.9. The van der Waals surface area contributed by atoms with E-state index in [0.29, 0.717) is 16.5 Å². The van der Waals surface area contributed by atoms with E-state index in [2.05, 4.69) is 10.2 Å². The van der Waals surface area contributed by atoms with Gasteiger partial charge in [0.15, 0.2) is 11.0 Å². The van der Waals surface area contributed by atoms with E-state index in [4.69, 9.17) is 0 Å². The molecule has 1 heterocycles. The van der Waals surface area contributed by atoms with E-state index < -0.39 is 0 Å². The van der Waals surface area contributed by atoms with Crippen molar-refractivity contribution in [2.24, 2.45) is 7.05 Å². The highest BCUT2D eigenvalue weighted by Crippen LogP contribution is 2.29. The lowest BCUT2D eigenvalue weighted by Gasteiger charge is -2.29. The van der Waals surface area contributed by atoms with Crippen LogP contribution in [-0.4, -0.2) is 38.4 Å². The first-order valence-corrected chi connectivity index (χ1v) is 11.2. The maximum Gasteiger partial charge on any atom is 0.233 e. The van der Waals surface area contributed by atoms with Crippen LogP contribution in [0, 0.1) is 5.82 Å². The fraction of sp³-hybridized carbons (Fsp3) is 0.160. The number of hydrogen-bond donors (Lipinski definition) is 0. The van der Waals surface area contributed by atoms with Crippen LogP contribution in [0.15, 0.2) is 90.1 Å². The number of carbonyl (C=O) groups excluding carboxylic acids is 1. The number of carbonyl (C=O) groups is 1. The number of rotatable bonds is 7. The minimum absolute atomic E-state index is 0.0388. The predicted octanol–water partition coefficient (Wildman–Crippen LogP) is 4.96. The van der Waals surface area contributed by atoms with Gasteiger partial charge in [0.25, 0.3) is 0 Å². The lowest BCUT2D eigenvalue weighted by molar-refractivity contribution is -0.128. The molecule has 7 heteroatoms. The monoisotopic (exact) mass is 446 g/mol. The quantitative estimate of drug-likeness (QED) is 0.377. The van der Waals surface area contributed by atoms with Gasteiger partial charge in [-0.1, -0.05) is 84.6 Å². The molecule has 0 atom stereocenters. The van der Waals surface area contributed by atoms with Crippen LogP contribution in [0.5, 0.6) is 0 Å². The molecule has 0 aliphatic rings. The van der Waals surface area contributed by atoms with Crippen LogP contribution in [0.2, 0.25) is 0 Å². The number of amides is 1. The van der Waals surface area contributed by atoms with Crippen LogP contribution in [-0.2, 0) is 11.8 Å². The lowest BCUT2D eigenvalue weighted by Crippen LogP contribution is -2.33. The number of nitrogens with zero attached hydrogens (tertiary/aromatic N) is 4. The maximum atomic E-state index is 14.1. The van der Waals surface area contributed by atoms with Crippen molar-refractivity contribution in [3.8, 4) is 11.4 Å². The van der Waals surface area contributed by atoms with Crippen LogP contribution >= 0.6 is 11.8 Å². The molecule has 3 aromatic carbocycles. The van der Waals surface area contributed by atoms with E-state index in [1.807, 2.05) is 67.7 Å². The van der Waals surface area contributed by atoms with Crippen molar-refractivity contribution in [2.75, 3.05) is 12.8 Å². The average molecular weight is 447 g/mol. The molecule has 0 aliphatic carbocycles. The summed E-state index contributed by atoms with van der Waals surface area (Å²) in [6.07, 6.45) is 0. The molecule has 162 valence electrons. The highest BCUT2D eigenvalue weighted by atomic mass is 32.2. The molecule has 4 aromatic rings. The summed E-state index contributed by atoms with van der Waals surface area (Å²) in [5.41, 5.74) is 2.46. The van der Waals surface area contributed by atoms with Crippen LogP contribution in [0.1, 0.15) is 17.2 Å². The number of halogens is 1. The van der Waals surface area contributed by atoms with Gasteiger partial charge in [0.2, 0.25) is 5.91 Å². The predicted molar refractivity (Wildman–Crippen MR) is 125 cm³/mol. The Morgan fingerprint density at radius 1 is 0.938 bits per heavy atom. The highest BCUT2D eigenvalue weighted by Gasteiger charge is 2.24. The molecule has 4 rings (SSSR count). The van der Waals surface area contributed by atoms with Gasteiger partial charge in [-0.15, -0.1) is 10.2 Å². The SMILES string of the molecule is CN(C(=O)CSc1nnc(-c2ccccc2F)n1C)C(c1ccccc1)c1ccccc1. The second-order valence-corrected chi connectivity index (χ2v) is 8.30.